The summed E-state index contributed by atoms with van der Waals surface area (Å²) in [7, 11) is 0. The summed E-state index contributed by atoms with van der Waals surface area (Å²) in [5.74, 6) is 0.130. The predicted octanol–water partition coefficient (Wildman–Crippen LogP) is 3.02. The minimum absolute atomic E-state index is 0.240. The van der Waals surface area contributed by atoms with Crippen LogP contribution in [0.25, 0.3) is 0 Å². The zero-order valence-corrected chi connectivity index (χ0v) is 10.9. The van der Waals surface area contributed by atoms with E-state index in [1.54, 1.807) is 12.1 Å². The lowest BCUT2D eigenvalue weighted by Crippen LogP contribution is -2.14. The second kappa shape index (κ2) is 5.63. The van der Waals surface area contributed by atoms with E-state index < -0.39 is 5.24 Å². The molecular weight excluding hydrogens is 264 g/mol. The third-order valence-electron chi connectivity index (χ3n) is 2.62. The standard InChI is InChI=1S/C14H11ClN2O2/c1-9-4-2-3-5-11(9)14(19)17-12-7-6-10(8-16-12)13(15)18/h2-8H,1H3,(H,16,17,19). The molecule has 1 heterocycles. The highest BCUT2D eigenvalue weighted by atomic mass is 35.5. The van der Waals surface area contributed by atoms with Crippen molar-refractivity contribution in [1.82, 2.24) is 4.98 Å². The normalized spacial score (nSPS) is 10.0. The van der Waals surface area contributed by atoms with Gasteiger partial charge in [-0.2, -0.15) is 0 Å². The van der Waals surface area contributed by atoms with Gasteiger partial charge in [0.25, 0.3) is 11.1 Å². The molecule has 0 aliphatic carbocycles. The molecule has 0 aliphatic heterocycles. The fourth-order valence-electron chi connectivity index (χ4n) is 1.60. The number of nitrogens with zero attached hydrogens (tertiary/aromatic N) is 1. The van der Waals surface area contributed by atoms with Gasteiger partial charge < -0.3 is 5.32 Å². The van der Waals surface area contributed by atoms with Gasteiger partial charge in [-0.05, 0) is 42.3 Å². The van der Waals surface area contributed by atoms with E-state index in [-0.39, 0.29) is 11.5 Å². The van der Waals surface area contributed by atoms with Gasteiger partial charge in [-0.3, -0.25) is 9.59 Å². The minimum atomic E-state index is -0.579. The third kappa shape index (κ3) is 3.17. The number of nitrogens with one attached hydrogen (secondary N) is 1. The predicted molar refractivity (Wildman–Crippen MR) is 73.6 cm³/mol. The van der Waals surface area contributed by atoms with Gasteiger partial charge in [0.05, 0.1) is 5.56 Å². The van der Waals surface area contributed by atoms with Gasteiger partial charge in [-0.1, -0.05) is 18.2 Å². The number of hydrogen-bond acceptors (Lipinski definition) is 3. The van der Waals surface area contributed by atoms with Crippen LogP contribution in [0.3, 0.4) is 0 Å². The Labute approximate surface area is 115 Å². The number of amides is 1. The average Bonchev–Trinajstić information content (AvgIpc) is 2.39. The minimum Gasteiger partial charge on any atom is -0.307 e. The monoisotopic (exact) mass is 274 g/mol. The molecule has 4 nitrogen and oxygen atoms in total. The van der Waals surface area contributed by atoms with Gasteiger partial charge in [-0.25, -0.2) is 4.98 Å². The molecule has 1 amide bonds. The maximum absolute atomic E-state index is 12.0. The van der Waals surface area contributed by atoms with Crippen LogP contribution in [0.15, 0.2) is 42.6 Å². The van der Waals surface area contributed by atoms with Crippen LogP contribution in [0, 0.1) is 6.92 Å². The van der Waals surface area contributed by atoms with Crippen molar-refractivity contribution in [2.24, 2.45) is 0 Å². The molecule has 0 saturated heterocycles. The first-order chi connectivity index (χ1) is 9.08. The van der Waals surface area contributed by atoms with Crippen molar-refractivity contribution in [2.45, 2.75) is 6.92 Å². The highest BCUT2D eigenvalue weighted by Gasteiger charge is 2.09. The van der Waals surface area contributed by atoms with Crippen LogP contribution in [-0.4, -0.2) is 16.1 Å². The smallest absolute Gasteiger partial charge is 0.257 e. The number of halogens is 1. The molecule has 0 bridgehead atoms. The van der Waals surface area contributed by atoms with Gasteiger partial charge >= 0.3 is 0 Å². The highest BCUT2D eigenvalue weighted by molar-refractivity contribution is 6.67. The zero-order chi connectivity index (χ0) is 13.8. The number of hydrogen-bond donors (Lipinski definition) is 1. The van der Waals surface area contributed by atoms with Crippen molar-refractivity contribution in [1.29, 1.82) is 0 Å². The Morgan fingerprint density at radius 3 is 2.47 bits per heavy atom. The summed E-state index contributed by atoms with van der Waals surface area (Å²) in [4.78, 5) is 26.9. The molecule has 2 aromatic rings. The molecule has 1 aromatic carbocycles. The lowest BCUT2D eigenvalue weighted by molar-refractivity contribution is 0.102. The van der Waals surface area contributed by atoms with E-state index in [1.165, 1.54) is 18.3 Å². The first-order valence-corrected chi connectivity index (χ1v) is 5.98. The highest BCUT2D eigenvalue weighted by Crippen LogP contribution is 2.11. The van der Waals surface area contributed by atoms with E-state index in [1.807, 2.05) is 19.1 Å². The lowest BCUT2D eigenvalue weighted by Gasteiger charge is -2.06. The van der Waals surface area contributed by atoms with Crippen LogP contribution in [0.1, 0.15) is 26.3 Å². The summed E-state index contributed by atoms with van der Waals surface area (Å²) in [6, 6.07) is 10.3. The third-order valence-corrected chi connectivity index (χ3v) is 2.84. The number of carbonyl (C=O) groups excluding carboxylic acids is 2. The Kier molecular flexibility index (Phi) is 3.92. The van der Waals surface area contributed by atoms with E-state index >= 15 is 0 Å². The molecule has 0 saturated carbocycles. The topological polar surface area (TPSA) is 59.1 Å². The number of benzene rings is 1. The summed E-state index contributed by atoms with van der Waals surface area (Å²) in [5.41, 5.74) is 1.75. The SMILES string of the molecule is Cc1ccccc1C(=O)Nc1ccc(C(=O)Cl)cn1. The fraction of sp³-hybridized carbons (Fsp3) is 0.0714. The van der Waals surface area contributed by atoms with Crippen LogP contribution in [0.4, 0.5) is 5.82 Å². The van der Waals surface area contributed by atoms with Gasteiger partial charge in [0.2, 0.25) is 0 Å². The summed E-state index contributed by atoms with van der Waals surface area (Å²) in [6.45, 7) is 1.86. The van der Waals surface area contributed by atoms with Crippen LogP contribution in [-0.2, 0) is 0 Å². The Hall–Kier alpha value is -2.20. The molecule has 96 valence electrons. The fourth-order valence-corrected chi connectivity index (χ4v) is 1.71. The van der Waals surface area contributed by atoms with Crippen LogP contribution >= 0.6 is 11.6 Å². The Morgan fingerprint density at radius 1 is 1.16 bits per heavy atom. The first kappa shape index (κ1) is 13.2. The Bertz CT molecular complexity index is 624. The average molecular weight is 275 g/mol. The quantitative estimate of drug-likeness (QED) is 0.875. The molecule has 0 aliphatic rings. The molecule has 0 atom stereocenters. The molecule has 0 fully saturated rings. The number of rotatable bonds is 3. The van der Waals surface area contributed by atoms with Crippen molar-refractivity contribution in [3.63, 3.8) is 0 Å². The largest absolute Gasteiger partial charge is 0.307 e. The van der Waals surface area contributed by atoms with Crippen LogP contribution in [0.2, 0.25) is 0 Å². The zero-order valence-electron chi connectivity index (χ0n) is 10.2. The molecule has 0 unspecified atom stereocenters. The maximum atomic E-state index is 12.0. The van der Waals surface area contributed by atoms with E-state index in [4.69, 9.17) is 11.6 Å². The first-order valence-electron chi connectivity index (χ1n) is 5.61. The van der Waals surface area contributed by atoms with Crippen LogP contribution < -0.4 is 5.32 Å². The molecule has 1 N–H and O–H groups in total. The second-order valence-corrected chi connectivity index (χ2v) is 4.32. The van der Waals surface area contributed by atoms with Gasteiger partial charge in [-0.15, -0.1) is 0 Å². The molecule has 5 heteroatoms. The molecule has 2 rings (SSSR count). The molecular formula is C14H11ClN2O2. The van der Waals surface area contributed by atoms with Crippen molar-refractivity contribution in [3.05, 3.63) is 59.3 Å². The molecule has 0 spiro atoms. The summed E-state index contributed by atoms with van der Waals surface area (Å²) >= 11 is 5.31. The van der Waals surface area contributed by atoms with Gasteiger partial charge in [0.15, 0.2) is 0 Å². The van der Waals surface area contributed by atoms with E-state index in [2.05, 4.69) is 10.3 Å². The summed E-state index contributed by atoms with van der Waals surface area (Å²) < 4.78 is 0. The van der Waals surface area contributed by atoms with Gasteiger partial charge in [0, 0.05) is 11.8 Å². The summed E-state index contributed by atoms with van der Waals surface area (Å²) in [6.07, 6.45) is 1.32. The van der Waals surface area contributed by atoms with E-state index in [0.717, 1.165) is 5.56 Å². The lowest BCUT2D eigenvalue weighted by atomic mass is 10.1. The van der Waals surface area contributed by atoms with Crippen LogP contribution in [0.5, 0.6) is 0 Å². The number of anilines is 1. The molecule has 19 heavy (non-hydrogen) atoms. The molecule has 1 aromatic heterocycles. The Balaban J connectivity index is 2.15. The number of aryl methyl sites for hydroxylation is 1. The van der Waals surface area contributed by atoms with Crippen molar-refractivity contribution >= 4 is 28.6 Å². The van der Waals surface area contributed by atoms with Crippen molar-refractivity contribution in [2.75, 3.05) is 5.32 Å². The number of pyridine rings is 1. The number of carbonyl (C=O) groups is 2. The summed E-state index contributed by atoms with van der Waals surface area (Å²) in [5, 5.41) is 2.08. The van der Waals surface area contributed by atoms with Gasteiger partial charge in [0.1, 0.15) is 5.82 Å². The molecule has 0 radical (unpaired) electrons. The van der Waals surface area contributed by atoms with E-state index in [9.17, 15) is 9.59 Å². The number of aromatic nitrogens is 1. The Morgan fingerprint density at radius 2 is 1.89 bits per heavy atom. The van der Waals surface area contributed by atoms with E-state index in [0.29, 0.717) is 11.4 Å². The van der Waals surface area contributed by atoms with Crippen molar-refractivity contribution < 1.29 is 9.59 Å². The maximum Gasteiger partial charge on any atom is 0.257 e. The van der Waals surface area contributed by atoms with Crippen molar-refractivity contribution in [3.8, 4) is 0 Å². The second-order valence-electron chi connectivity index (χ2n) is 3.97.